The molecular weight excluding hydrogens is 198 g/mol. The van der Waals surface area contributed by atoms with E-state index >= 15 is 0 Å². The molecule has 0 amide bonds. The van der Waals surface area contributed by atoms with Crippen molar-refractivity contribution in [1.82, 2.24) is 5.32 Å². The number of rotatable bonds is 4. The summed E-state index contributed by atoms with van der Waals surface area (Å²) in [6.07, 6.45) is 1.69. The predicted molar refractivity (Wildman–Crippen MR) is 66.6 cm³/mol. The Morgan fingerprint density at radius 1 is 1.19 bits per heavy atom. The number of hydrogen-bond acceptors (Lipinski definition) is 2. The second-order valence-corrected chi connectivity index (χ2v) is 3.92. The van der Waals surface area contributed by atoms with Crippen LogP contribution in [0.2, 0.25) is 0 Å². The molecule has 0 heterocycles. The zero-order valence-electron chi connectivity index (χ0n) is 9.31. The SMILES string of the molecule is CN[C@H](C=O)Cc1ccc2ccccc2c1. The quantitative estimate of drug-likeness (QED) is 0.789. The van der Waals surface area contributed by atoms with Gasteiger partial charge < -0.3 is 10.1 Å². The fourth-order valence-corrected chi connectivity index (χ4v) is 1.84. The average molecular weight is 213 g/mol. The van der Waals surface area contributed by atoms with Crippen LogP contribution >= 0.6 is 0 Å². The number of nitrogens with one attached hydrogen (secondary N) is 1. The summed E-state index contributed by atoms with van der Waals surface area (Å²) < 4.78 is 0. The number of likely N-dealkylation sites (N-methyl/N-ethyl adjacent to an activating group) is 1. The van der Waals surface area contributed by atoms with E-state index in [9.17, 15) is 4.79 Å². The van der Waals surface area contributed by atoms with Gasteiger partial charge in [0, 0.05) is 0 Å². The van der Waals surface area contributed by atoms with Gasteiger partial charge in [0.25, 0.3) is 0 Å². The zero-order valence-corrected chi connectivity index (χ0v) is 9.31. The van der Waals surface area contributed by atoms with Crippen LogP contribution in [0.3, 0.4) is 0 Å². The highest BCUT2D eigenvalue weighted by Gasteiger charge is 2.05. The molecule has 82 valence electrons. The summed E-state index contributed by atoms with van der Waals surface area (Å²) in [7, 11) is 1.81. The first-order chi connectivity index (χ1) is 7.83. The molecule has 2 heteroatoms. The van der Waals surface area contributed by atoms with Gasteiger partial charge in [-0.25, -0.2) is 0 Å². The summed E-state index contributed by atoms with van der Waals surface area (Å²) in [5, 5.41) is 5.44. The lowest BCUT2D eigenvalue weighted by Gasteiger charge is -2.09. The normalized spacial score (nSPS) is 12.6. The molecule has 0 saturated heterocycles. The molecule has 0 aromatic heterocycles. The van der Waals surface area contributed by atoms with Gasteiger partial charge in [0.15, 0.2) is 0 Å². The van der Waals surface area contributed by atoms with E-state index in [4.69, 9.17) is 0 Å². The Morgan fingerprint density at radius 3 is 2.62 bits per heavy atom. The summed E-state index contributed by atoms with van der Waals surface area (Å²) in [6, 6.07) is 14.5. The highest BCUT2D eigenvalue weighted by atomic mass is 16.1. The first-order valence-electron chi connectivity index (χ1n) is 5.43. The highest BCUT2D eigenvalue weighted by molar-refractivity contribution is 5.83. The van der Waals surface area contributed by atoms with Crippen molar-refractivity contribution < 1.29 is 4.79 Å². The topological polar surface area (TPSA) is 29.1 Å². The molecule has 16 heavy (non-hydrogen) atoms. The maximum atomic E-state index is 10.7. The number of aldehydes is 1. The smallest absolute Gasteiger partial charge is 0.137 e. The monoisotopic (exact) mass is 213 g/mol. The van der Waals surface area contributed by atoms with E-state index < -0.39 is 0 Å². The van der Waals surface area contributed by atoms with Gasteiger partial charge in [-0.2, -0.15) is 0 Å². The number of fused-ring (bicyclic) bond motifs is 1. The van der Waals surface area contributed by atoms with E-state index in [0.717, 1.165) is 12.7 Å². The maximum Gasteiger partial charge on any atom is 0.137 e. The number of benzene rings is 2. The first kappa shape index (κ1) is 10.8. The van der Waals surface area contributed by atoms with Crippen LogP contribution in [0.1, 0.15) is 5.56 Å². The Labute approximate surface area is 95.3 Å². The third-order valence-electron chi connectivity index (χ3n) is 2.80. The van der Waals surface area contributed by atoms with Crippen LogP contribution < -0.4 is 5.32 Å². The number of hydrogen-bond donors (Lipinski definition) is 1. The van der Waals surface area contributed by atoms with Gasteiger partial charge in [0.05, 0.1) is 6.04 Å². The Morgan fingerprint density at radius 2 is 1.94 bits per heavy atom. The largest absolute Gasteiger partial charge is 0.311 e. The molecule has 0 aliphatic heterocycles. The molecule has 0 aliphatic rings. The van der Waals surface area contributed by atoms with Crippen molar-refractivity contribution in [3.63, 3.8) is 0 Å². The molecule has 2 aromatic rings. The fraction of sp³-hybridized carbons (Fsp3) is 0.214. The van der Waals surface area contributed by atoms with Crippen LogP contribution in [0.4, 0.5) is 0 Å². The van der Waals surface area contributed by atoms with Crippen LogP contribution in [-0.2, 0) is 11.2 Å². The second kappa shape index (κ2) is 4.90. The third kappa shape index (κ3) is 2.28. The molecule has 2 aromatic carbocycles. The van der Waals surface area contributed by atoms with Crippen molar-refractivity contribution in [3.05, 3.63) is 48.0 Å². The zero-order chi connectivity index (χ0) is 11.4. The molecule has 0 unspecified atom stereocenters. The lowest BCUT2D eigenvalue weighted by Crippen LogP contribution is -2.28. The van der Waals surface area contributed by atoms with Crippen LogP contribution in [0.15, 0.2) is 42.5 Å². The standard InChI is InChI=1S/C14H15NO/c1-15-14(10-16)9-11-6-7-12-4-2-3-5-13(12)8-11/h2-8,10,14-15H,9H2,1H3/t14-/m0/s1. The molecule has 0 aliphatic carbocycles. The highest BCUT2D eigenvalue weighted by Crippen LogP contribution is 2.16. The molecule has 0 bridgehead atoms. The van der Waals surface area contributed by atoms with Crippen LogP contribution in [-0.4, -0.2) is 19.4 Å². The van der Waals surface area contributed by atoms with Gasteiger partial charge >= 0.3 is 0 Å². The Balaban J connectivity index is 2.28. The van der Waals surface area contributed by atoms with Gasteiger partial charge in [0.2, 0.25) is 0 Å². The molecule has 2 nitrogen and oxygen atoms in total. The van der Waals surface area contributed by atoms with Gasteiger partial charge in [-0.15, -0.1) is 0 Å². The van der Waals surface area contributed by atoms with E-state index in [0.29, 0.717) is 0 Å². The summed E-state index contributed by atoms with van der Waals surface area (Å²) in [6.45, 7) is 0. The predicted octanol–water partition coefficient (Wildman–Crippen LogP) is 2.17. The maximum absolute atomic E-state index is 10.7. The van der Waals surface area contributed by atoms with E-state index in [1.54, 1.807) is 7.05 Å². The molecule has 0 fully saturated rings. The van der Waals surface area contributed by atoms with Crippen molar-refractivity contribution in [2.45, 2.75) is 12.5 Å². The lowest BCUT2D eigenvalue weighted by atomic mass is 10.0. The lowest BCUT2D eigenvalue weighted by molar-refractivity contribution is -0.109. The van der Waals surface area contributed by atoms with Crippen molar-refractivity contribution in [1.29, 1.82) is 0 Å². The molecule has 1 atom stereocenters. The summed E-state index contributed by atoms with van der Waals surface area (Å²) in [5.41, 5.74) is 1.19. The molecule has 2 rings (SSSR count). The second-order valence-electron chi connectivity index (χ2n) is 3.92. The molecule has 0 saturated carbocycles. The Bertz CT molecular complexity index is 493. The van der Waals surface area contributed by atoms with Crippen molar-refractivity contribution in [2.75, 3.05) is 7.05 Å². The van der Waals surface area contributed by atoms with E-state index in [1.165, 1.54) is 16.3 Å². The van der Waals surface area contributed by atoms with Crippen LogP contribution in [0.25, 0.3) is 10.8 Å². The van der Waals surface area contributed by atoms with Crippen LogP contribution in [0, 0.1) is 0 Å². The summed E-state index contributed by atoms with van der Waals surface area (Å²) >= 11 is 0. The van der Waals surface area contributed by atoms with Crippen LogP contribution in [0.5, 0.6) is 0 Å². The van der Waals surface area contributed by atoms with Crippen molar-refractivity contribution in [3.8, 4) is 0 Å². The van der Waals surface area contributed by atoms with Gasteiger partial charge in [-0.3, -0.25) is 0 Å². The van der Waals surface area contributed by atoms with Crippen molar-refractivity contribution >= 4 is 17.1 Å². The molecule has 0 spiro atoms. The van der Waals surface area contributed by atoms with Gasteiger partial charge in [-0.1, -0.05) is 42.5 Å². The summed E-state index contributed by atoms with van der Waals surface area (Å²) in [5.74, 6) is 0. The number of carbonyl (C=O) groups is 1. The van der Waals surface area contributed by atoms with E-state index in [-0.39, 0.29) is 6.04 Å². The van der Waals surface area contributed by atoms with Crippen molar-refractivity contribution in [2.24, 2.45) is 0 Å². The fourth-order valence-electron chi connectivity index (χ4n) is 1.84. The minimum Gasteiger partial charge on any atom is -0.311 e. The minimum atomic E-state index is -0.0961. The first-order valence-corrected chi connectivity index (χ1v) is 5.43. The molecular formula is C14H15NO. The van der Waals surface area contributed by atoms with Gasteiger partial charge in [-0.05, 0) is 29.8 Å². The third-order valence-corrected chi connectivity index (χ3v) is 2.80. The molecule has 1 N–H and O–H groups in total. The Hall–Kier alpha value is -1.67. The van der Waals surface area contributed by atoms with E-state index in [2.05, 4.69) is 35.6 Å². The summed E-state index contributed by atoms with van der Waals surface area (Å²) in [4.78, 5) is 10.7. The number of carbonyl (C=O) groups excluding carboxylic acids is 1. The average Bonchev–Trinajstić information content (AvgIpc) is 2.35. The van der Waals surface area contributed by atoms with Gasteiger partial charge in [0.1, 0.15) is 6.29 Å². The van der Waals surface area contributed by atoms with E-state index in [1.807, 2.05) is 12.1 Å². The molecule has 0 radical (unpaired) electrons. The Kier molecular flexibility index (Phi) is 3.32. The minimum absolute atomic E-state index is 0.0961.